The normalized spacial score (nSPS) is 19.4. The molecule has 1 aromatic rings. The summed E-state index contributed by atoms with van der Waals surface area (Å²) in [7, 11) is 3.55. The predicted molar refractivity (Wildman–Crippen MR) is 139 cm³/mol. The molecule has 2 unspecified atom stereocenters. The number of amides is 1. The number of hydrogen-bond acceptors (Lipinski definition) is 3. The fraction of sp³-hybridized carbons (Fsp3) is 0.667. The van der Waals surface area contributed by atoms with Crippen LogP contribution < -0.4 is 10.6 Å². The summed E-state index contributed by atoms with van der Waals surface area (Å²) in [5.41, 5.74) is 1.99. The van der Waals surface area contributed by atoms with E-state index in [0.717, 1.165) is 62.6 Å². The number of carbonyl (C=O) groups is 1. The average molecular weight is 545 g/mol. The van der Waals surface area contributed by atoms with Crippen LogP contribution in [0.15, 0.2) is 29.3 Å². The Labute approximate surface area is 205 Å². The minimum Gasteiger partial charge on any atom is -0.377 e. The lowest BCUT2D eigenvalue weighted by atomic mass is 9.78. The van der Waals surface area contributed by atoms with Crippen LogP contribution >= 0.6 is 24.0 Å². The molecule has 1 fully saturated rings. The van der Waals surface area contributed by atoms with Crippen molar-refractivity contribution < 1.29 is 9.53 Å². The molecule has 0 aromatic heterocycles. The molecular formula is C24H41IN4O2. The van der Waals surface area contributed by atoms with Crippen molar-refractivity contribution >= 4 is 35.8 Å². The summed E-state index contributed by atoms with van der Waals surface area (Å²) in [6.07, 6.45) is 3.35. The van der Waals surface area contributed by atoms with Gasteiger partial charge in [-0.1, -0.05) is 32.9 Å². The summed E-state index contributed by atoms with van der Waals surface area (Å²) >= 11 is 0. The highest BCUT2D eigenvalue weighted by Crippen LogP contribution is 2.34. The average Bonchev–Trinajstić information content (AvgIpc) is 2.71. The zero-order chi connectivity index (χ0) is 22.1. The summed E-state index contributed by atoms with van der Waals surface area (Å²) < 4.78 is 6.09. The van der Waals surface area contributed by atoms with Gasteiger partial charge in [-0.3, -0.25) is 9.79 Å². The zero-order valence-electron chi connectivity index (χ0n) is 20.0. The van der Waals surface area contributed by atoms with E-state index < -0.39 is 0 Å². The molecule has 1 heterocycles. The van der Waals surface area contributed by atoms with Crippen LogP contribution in [0.3, 0.4) is 0 Å². The van der Waals surface area contributed by atoms with Crippen molar-refractivity contribution in [2.75, 3.05) is 40.3 Å². The molecule has 1 amide bonds. The van der Waals surface area contributed by atoms with Gasteiger partial charge in [0.1, 0.15) is 0 Å². The lowest BCUT2D eigenvalue weighted by Crippen LogP contribution is -2.43. The van der Waals surface area contributed by atoms with E-state index in [9.17, 15) is 4.79 Å². The lowest BCUT2D eigenvalue weighted by molar-refractivity contribution is -0.0823. The number of nitrogens with one attached hydrogen (secondary N) is 2. The van der Waals surface area contributed by atoms with Crippen molar-refractivity contribution in [2.45, 2.75) is 53.1 Å². The molecule has 6 nitrogen and oxygen atoms in total. The molecule has 1 aromatic carbocycles. The molecule has 1 aliphatic heterocycles. The maximum Gasteiger partial charge on any atom is 0.253 e. The first-order valence-corrected chi connectivity index (χ1v) is 11.2. The van der Waals surface area contributed by atoms with E-state index >= 15 is 0 Å². The van der Waals surface area contributed by atoms with Gasteiger partial charge in [0.15, 0.2) is 5.96 Å². The number of rotatable bonds is 7. The molecule has 7 heteroatoms. The molecule has 0 aliphatic carbocycles. The van der Waals surface area contributed by atoms with Crippen LogP contribution in [0.1, 0.15) is 56.5 Å². The Morgan fingerprint density at radius 3 is 2.65 bits per heavy atom. The number of ether oxygens (including phenoxy) is 1. The Hall–Kier alpha value is -1.35. The van der Waals surface area contributed by atoms with Crippen LogP contribution in [0.25, 0.3) is 0 Å². The maximum absolute atomic E-state index is 12.2. The second-order valence-electron chi connectivity index (χ2n) is 9.36. The number of carbonyl (C=O) groups excluding carboxylic acids is 1. The highest BCUT2D eigenvalue weighted by atomic mass is 127. The molecule has 2 N–H and O–H groups in total. The monoisotopic (exact) mass is 544 g/mol. The van der Waals surface area contributed by atoms with Gasteiger partial charge in [0.2, 0.25) is 0 Å². The Bertz CT molecular complexity index is 716. The van der Waals surface area contributed by atoms with Crippen molar-refractivity contribution in [1.29, 1.82) is 0 Å². The van der Waals surface area contributed by atoms with Crippen LogP contribution in [0.5, 0.6) is 0 Å². The third-order valence-corrected chi connectivity index (χ3v) is 5.41. The van der Waals surface area contributed by atoms with Crippen molar-refractivity contribution in [2.24, 2.45) is 16.3 Å². The van der Waals surface area contributed by atoms with E-state index in [0.29, 0.717) is 5.92 Å². The molecule has 2 atom stereocenters. The molecule has 0 spiro atoms. The minimum atomic E-state index is 0. The van der Waals surface area contributed by atoms with Crippen LogP contribution in [0, 0.1) is 11.3 Å². The first-order chi connectivity index (χ1) is 14.2. The quantitative estimate of drug-likeness (QED) is 0.310. The molecular weight excluding hydrogens is 503 g/mol. The van der Waals surface area contributed by atoms with Crippen LogP contribution in [0.4, 0.5) is 0 Å². The number of benzene rings is 1. The zero-order valence-corrected chi connectivity index (χ0v) is 22.4. The van der Waals surface area contributed by atoms with Crippen molar-refractivity contribution in [3.63, 3.8) is 0 Å². The van der Waals surface area contributed by atoms with Crippen molar-refractivity contribution in [1.82, 2.24) is 15.5 Å². The number of nitrogens with zero attached hydrogens (tertiary/aromatic N) is 2. The van der Waals surface area contributed by atoms with Gasteiger partial charge in [0.25, 0.3) is 5.91 Å². The molecule has 176 valence electrons. The summed E-state index contributed by atoms with van der Waals surface area (Å²) in [4.78, 5) is 18.6. The third kappa shape index (κ3) is 8.96. The standard InChI is InChI=1S/C24H40N4O2.HI/c1-7-25-23(27-17-20-12-9-15-30-21(20)24(2,3)4)26-14-13-18-10-8-11-19(16-18)22(29)28(5)6;/h8,10-11,16,20-21H,7,9,12-15,17H2,1-6H3,(H2,25,26,27);1H. The van der Waals surface area contributed by atoms with E-state index in [2.05, 4.69) is 44.4 Å². The SMILES string of the molecule is CCNC(=NCC1CCCOC1C(C)(C)C)NCCc1cccc(C(=O)N(C)C)c1.I. The molecule has 0 saturated carbocycles. The van der Waals surface area contributed by atoms with Gasteiger partial charge < -0.3 is 20.3 Å². The second-order valence-corrected chi connectivity index (χ2v) is 9.36. The van der Waals surface area contributed by atoms with E-state index in [-0.39, 0.29) is 41.4 Å². The van der Waals surface area contributed by atoms with Gasteiger partial charge in [0, 0.05) is 51.8 Å². The Morgan fingerprint density at radius 1 is 1.26 bits per heavy atom. The van der Waals surface area contributed by atoms with E-state index in [1.165, 1.54) is 0 Å². The molecule has 0 bridgehead atoms. The highest BCUT2D eigenvalue weighted by Gasteiger charge is 2.35. The maximum atomic E-state index is 12.2. The fourth-order valence-corrected chi connectivity index (χ4v) is 3.98. The molecule has 1 aliphatic rings. The molecule has 31 heavy (non-hydrogen) atoms. The van der Waals surface area contributed by atoms with Gasteiger partial charge in [-0.2, -0.15) is 0 Å². The summed E-state index contributed by atoms with van der Waals surface area (Å²) in [6, 6.07) is 7.84. The van der Waals surface area contributed by atoms with Crippen LogP contribution in [-0.2, 0) is 11.2 Å². The number of halogens is 1. The first kappa shape index (κ1) is 27.7. The lowest BCUT2D eigenvalue weighted by Gasteiger charge is -2.39. The van der Waals surface area contributed by atoms with E-state index in [1.54, 1.807) is 19.0 Å². The molecule has 1 saturated heterocycles. The summed E-state index contributed by atoms with van der Waals surface area (Å²) in [5, 5.41) is 6.78. The fourth-order valence-electron chi connectivity index (χ4n) is 3.98. The first-order valence-electron chi connectivity index (χ1n) is 11.2. The number of aliphatic imine (C=N–C) groups is 1. The van der Waals surface area contributed by atoms with Gasteiger partial charge >= 0.3 is 0 Å². The minimum absolute atomic E-state index is 0. The van der Waals surface area contributed by atoms with Crippen LogP contribution in [-0.4, -0.2) is 63.2 Å². The van der Waals surface area contributed by atoms with Gasteiger partial charge in [-0.25, -0.2) is 0 Å². The largest absolute Gasteiger partial charge is 0.377 e. The van der Waals surface area contributed by atoms with E-state index in [4.69, 9.17) is 9.73 Å². The second kappa shape index (κ2) is 13.3. The number of hydrogen-bond donors (Lipinski definition) is 2. The van der Waals surface area contributed by atoms with Gasteiger partial charge in [0.05, 0.1) is 6.10 Å². The van der Waals surface area contributed by atoms with Crippen molar-refractivity contribution in [3.8, 4) is 0 Å². The topological polar surface area (TPSA) is 66.0 Å². The Morgan fingerprint density at radius 2 is 2.00 bits per heavy atom. The summed E-state index contributed by atoms with van der Waals surface area (Å²) in [6.45, 7) is 12.0. The molecule has 2 rings (SSSR count). The Kier molecular flexibility index (Phi) is 11.8. The Balaban J connectivity index is 0.00000480. The number of guanidine groups is 1. The predicted octanol–water partition coefficient (Wildman–Crippen LogP) is 3.95. The highest BCUT2D eigenvalue weighted by molar-refractivity contribution is 14.0. The smallest absolute Gasteiger partial charge is 0.253 e. The van der Waals surface area contributed by atoms with Gasteiger partial charge in [-0.15, -0.1) is 24.0 Å². The third-order valence-electron chi connectivity index (χ3n) is 5.41. The molecule has 0 radical (unpaired) electrons. The van der Waals surface area contributed by atoms with E-state index in [1.807, 2.05) is 18.2 Å². The van der Waals surface area contributed by atoms with Gasteiger partial charge in [-0.05, 0) is 49.3 Å². The van der Waals surface area contributed by atoms with Crippen LogP contribution in [0.2, 0.25) is 0 Å². The van der Waals surface area contributed by atoms with Crippen molar-refractivity contribution in [3.05, 3.63) is 35.4 Å². The summed E-state index contributed by atoms with van der Waals surface area (Å²) in [5.74, 6) is 1.32.